The molecule has 1 aliphatic rings. The first-order chi connectivity index (χ1) is 6.22. The normalized spacial score (nSPS) is 31.6. The maximum absolute atomic E-state index is 8.80. The zero-order valence-corrected chi connectivity index (χ0v) is 9.65. The first kappa shape index (κ1) is 11.4. The van der Waals surface area contributed by atoms with E-state index in [0.29, 0.717) is 11.9 Å². The highest BCUT2D eigenvalue weighted by atomic mass is 32.2. The van der Waals surface area contributed by atoms with Gasteiger partial charge in [0.25, 0.3) is 0 Å². The molecule has 1 aliphatic carbocycles. The van der Waals surface area contributed by atoms with Crippen LogP contribution in [0.5, 0.6) is 0 Å². The molecule has 78 valence electrons. The van der Waals surface area contributed by atoms with Crippen molar-refractivity contribution in [3.05, 3.63) is 0 Å². The number of thioether (sulfide) groups is 1. The maximum atomic E-state index is 8.80. The van der Waals surface area contributed by atoms with Gasteiger partial charge in [-0.05, 0) is 25.2 Å². The minimum Gasteiger partial charge on any atom is -0.396 e. The second-order valence-corrected chi connectivity index (χ2v) is 6.10. The van der Waals surface area contributed by atoms with Crippen LogP contribution in [0.4, 0.5) is 0 Å². The Morgan fingerprint density at radius 2 is 2.23 bits per heavy atom. The van der Waals surface area contributed by atoms with E-state index in [9.17, 15) is 0 Å². The molecular formula is C11H22OS. The average molecular weight is 202 g/mol. The first-order valence-corrected chi connectivity index (χ1v) is 6.43. The van der Waals surface area contributed by atoms with Crippen LogP contribution in [-0.2, 0) is 0 Å². The van der Waals surface area contributed by atoms with Gasteiger partial charge in [0, 0.05) is 17.1 Å². The van der Waals surface area contributed by atoms with Crippen molar-refractivity contribution in [3.63, 3.8) is 0 Å². The third-order valence-corrected chi connectivity index (χ3v) is 4.36. The summed E-state index contributed by atoms with van der Waals surface area (Å²) < 4.78 is 0. The molecule has 1 N–H and O–H groups in total. The van der Waals surface area contributed by atoms with Gasteiger partial charge in [-0.15, -0.1) is 0 Å². The van der Waals surface area contributed by atoms with Crippen LogP contribution in [0.15, 0.2) is 0 Å². The van der Waals surface area contributed by atoms with E-state index in [0.717, 1.165) is 17.6 Å². The smallest absolute Gasteiger partial charge is 0.0441 e. The summed E-state index contributed by atoms with van der Waals surface area (Å²) in [5.41, 5.74) is 0. The zero-order valence-electron chi connectivity index (χ0n) is 8.83. The lowest BCUT2D eigenvalue weighted by atomic mass is 9.91. The van der Waals surface area contributed by atoms with Crippen LogP contribution in [0, 0.1) is 5.92 Å². The third-order valence-electron chi connectivity index (χ3n) is 2.85. The Kier molecular flexibility index (Phi) is 5.18. The molecule has 0 aromatic rings. The molecule has 0 aliphatic heterocycles. The molecule has 3 atom stereocenters. The van der Waals surface area contributed by atoms with E-state index in [2.05, 4.69) is 25.6 Å². The molecule has 13 heavy (non-hydrogen) atoms. The molecule has 0 radical (unpaired) electrons. The predicted molar refractivity (Wildman–Crippen MR) is 60.2 cm³/mol. The molecule has 0 spiro atoms. The van der Waals surface area contributed by atoms with Crippen LogP contribution in [0.2, 0.25) is 0 Å². The topological polar surface area (TPSA) is 20.2 Å². The van der Waals surface area contributed by atoms with Gasteiger partial charge >= 0.3 is 0 Å². The molecule has 0 bridgehead atoms. The van der Waals surface area contributed by atoms with Crippen molar-refractivity contribution >= 4 is 11.8 Å². The lowest BCUT2D eigenvalue weighted by molar-refractivity contribution is 0.288. The SMILES string of the molecule is CC1CCCC(SC(C)CCO)C1. The number of aliphatic hydroxyl groups is 1. The van der Waals surface area contributed by atoms with E-state index in [1.807, 2.05) is 0 Å². The molecule has 2 heteroatoms. The monoisotopic (exact) mass is 202 g/mol. The van der Waals surface area contributed by atoms with Gasteiger partial charge in [-0.1, -0.05) is 26.7 Å². The van der Waals surface area contributed by atoms with Crippen molar-refractivity contribution in [3.8, 4) is 0 Å². The molecule has 1 fully saturated rings. The molecule has 0 aromatic heterocycles. The molecule has 1 rings (SSSR count). The lowest BCUT2D eigenvalue weighted by Crippen LogP contribution is -2.18. The molecule has 0 amide bonds. The van der Waals surface area contributed by atoms with Gasteiger partial charge in [0.1, 0.15) is 0 Å². The van der Waals surface area contributed by atoms with Crippen molar-refractivity contribution in [2.24, 2.45) is 5.92 Å². The Labute approximate surface area is 86.3 Å². The molecule has 0 aromatic carbocycles. The molecular weight excluding hydrogens is 180 g/mol. The first-order valence-electron chi connectivity index (χ1n) is 5.48. The van der Waals surface area contributed by atoms with Gasteiger partial charge in [-0.3, -0.25) is 0 Å². The highest BCUT2D eigenvalue weighted by Crippen LogP contribution is 2.34. The van der Waals surface area contributed by atoms with Gasteiger partial charge in [-0.25, -0.2) is 0 Å². The van der Waals surface area contributed by atoms with Crippen LogP contribution < -0.4 is 0 Å². The van der Waals surface area contributed by atoms with Gasteiger partial charge in [0.15, 0.2) is 0 Å². The zero-order chi connectivity index (χ0) is 9.68. The summed E-state index contributed by atoms with van der Waals surface area (Å²) in [6, 6.07) is 0. The Morgan fingerprint density at radius 3 is 2.85 bits per heavy atom. The summed E-state index contributed by atoms with van der Waals surface area (Å²) in [5, 5.41) is 10.3. The van der Waals surface area contributed by atoms with Crippen molar-refractivity contribution in [2.45, 2.75) is 56.5 Å². The standard InChI is InChI=1S/C11H22OS/c1-9-4-3-5-11(8-9)13-10(2)6-7-12/h9-12H,3-8H2,1-2H3. The largest absolute Gasteiger partial charge is 0.396 e. The number of hydrogen-bond acceptors (Lipinski definition) is 2. The summed E-state index contributed by atoms with van der Waals surface area (Å²) in [6.45, 7) is 4.94. The molecule has 0 saturated heterocycles. The lowest BCUT2D eigenvalue weighted by Gasteiger charge is -2.28. The van der Waals surface area contributed by atoms with Gasteiger partial charge in [0.2, 0.25) is 0 Å². The summed E-state index contributed by atoms with van der Waals surface area (Å²) in [5.74, 6) is 0.924. The van der Waals surface area contributed by atoms with Crippen LogP contribution in [0.3, 0.4) is 0 Å². The fourth-order valence-corrected chi connectivity index (χ4v) is 3.72. The van der Waals surface area contributed by atoms with E-state index in [1.165, 1.54) is 25.7 Å². The van der Waals surface area contributed by atoms with E-state index in [-0.39, 0.29) is 0 Å². The van der Waals surface area contributed by atoms with Crippen LogP contribution in [0.1, 0.15) is 46.0 Å². The fourth-order valence-electron chi connectivity index (χ4n) is 2.08. The van der Waals surface area contributed by atoms with E-state index in [4.69, 9.17) is 5.11 Å². The minimum absolute atomic E-state index is 0.344. The summed E-state index contributed by atoms with van der Waals surface area (Å²) in [4.78, 5) is 0. The number of hydrogen-bond donors (Lipinski definition) is 1. The quantitative estimate of drug-likeness (QED) is 0.756. The summed E-state index contributed by atoms with van der Waals surface area (Å²) >= 11 is 2.09. The van der Waals surface area contributed by atoms with Crippen molar-refractivity contribution in [2.75, 3.05) is 6.61 Å². The Hall–Kier alpha value is 0.310. The highest BCUT2D eigenvalue weighted by molar-refractivity contribution is 8.00. The van der Waals surface area contributed by atoms with Crippen LogP contribution in [0.25, 0.3) is 0 Å². The Balaban J connectivity index is 2.19. The number of rotatable bonds is 4. The van der Waals surface area contributed by atoms with E-state index < -0.39 is 0 Å². The molecule has 3 unspecified atom stereocenters. The van der Waals surface area contributed by atoms with Crippen molar-refractivity contribution < 1.29 is 5.11 Å². The Morgan fingerprint density at radius 1 is 1.46 bits per heavy atom. The van der Waals surface area contributed by atoms with E-state index >= 15 is 0 Å². The third kappa shape index (κ3) is 4.37. The van der Waals surface area contributed by atoms with E-state index in [1.54, 1.807) is 0 Å². The number of aliphatic hydroxyl groups excluding tert-OH is 1. The highest BCUT2D eigenvalue weighted by Gasteiger charge is 2.20. The molecule has 0 heterocycles. The van der Waals surface area contributed by atoms with Gasteiger partial charge < -0.3 is 5.11 Å². The van der Waals surface area contributed by atoms with Crippen LogP contribution in [-0.4, -0.2) is 22.2 Å². The predicted octanol–water partition coefficient (Wildman–Crippen LogP) is 3.07. The Bertz CT molecular complexity index is 138. The van der Waals surface area contributed by atoms with Gasteiger partial charge in [0.05, 0.1) is 0 Å². The second-order valence-electron chi connectivity index (χ2n) is 4.35. The molecule has 1 saturated carbocycles. The summed E-state index contributed by atoms with van der Waals surface area (Å²) in [7, 11) is 0. The second kappa shape index (κ2) is 5.92. The van der Waals surface area contributed by atoms with Gasteiger partial charge in [-0.2, -0.15) is 11.8 Å². The fraction of sp³-hybridized carbons (Fsp3) is 1.00. The maximum Gasteiger partial charge on any atom is 0.0441 e. The van der Waals surface area contributed by atoms with Crippen molar-refractivity contribution in [1.29, 1.82) is 0 Å². The average Bonchev–Trinajstić information content (AvgIpc) is 2.04. The molecule has 1 nitrogen and oxygen atoms in total. The minimum atomic E-state index is 0.344. The summed E-state index contributed by atoms with van der Waals surface area (Å²) in [6.07, 6.45) is 6.57. The van der Waals surface area contributed by atoms with Crippen LogP contribution >= 0.6 is 11.8 Å². The van der Waals surface area contributed by atoms with Crippen molar-refractivity contribution in [1.82, 2.24) is 0 Å².